The number of hydrogen-bond donors (Lipinski definition) is 1. The highest BCUT2D eigenvalue weighted by Gasteiger charge is 2.20. The number of benzene rings is 2. The molecule has 0 atom stereocenters. The van der Waals surface area contributed by atoms with Crippen LogP contribution in [0, 0.1) is 0 Å². The van der Waals surface area contributed by atoms with E-state index in [9.17, 15) is 0 Å². The van der Waals surface area contributed by atoms with E-state index in [-0.39, 0.29) is 24.0 Å². The summed E-state index contributed by atoms with van der Waals surface area (Å²) in [5, 5.41) is 12.5. The van der Waals surface area contributed by atoms with Crippen molar-refractivity contribution in [3.05, 3.63) is 71.8 Å². The molecule has 1 aliphatic rings. The summed E-state index contributed by atoms with van der Waals surface area (Å²) < 4.78 is 1.98. The van der Waals surface area contributed by atoms with Crippen LogP contribution in [0.25, 0.3) is 5.69 Å². The summed E-state index contributed by atoms with van der Waals surface area (Å²) >= 11 is 6.15. The summed E-state index contributed by atoms with van der Waals surface area (Å²) in [6.45, 7) is 7.00. The molecule has 2 aromatic carbocycles. The molecule has 7 nitrogen and oxygen atoms in total. The van der Waals surface area contributed by atoms with Gasteiger partial charge in [0.1, 0.15) is 12.9 Å². The Bertz CT molecular complexity index is 984. The fraction of sp³-hybridized carbons (Fsp3) is 0.318. The summed E-state index contributed by atoms with van der Waals surface area (Å²) in [5.41, 5.74) is 2.20. The van der Waals surface area contributed by atoms with Crippen molar-refractivity contribution in [3.8, 4) is 5.69 Å². The Labute approximate surface area is 205 Å². The second kappa shape index (κ2) is 11.3. The predicted molar refractivity (Wildman–Crippen MR) is 137 cm³/mol. The quantitative estimate of drug-likeness (QED) is 0.297. The highest BCUT2D eigenvalue weighted by atomic mass is 127. The highest BCUT2D eigenvalue weighted by Crippen LogP contribution is 2.21. The van der Waals surface area contributed by atoms with Crippen LogP contribution < -0.4 is 10.2 Å². The zero-order valence-electron chi connectivity index (χ0n) is 17.5. The largest absolute Gasteiger partial charge is 0.368 e. The fourth-order valence-electron chi connectivity index (χ4n) is 3.59. The molecule has 0 saturated carbocycles. The number of nitrogens with one attached hydrogen (secondary N) is 1. The first-order chi connectivity index (χ1) is 14.7. The lowest BCUT2D eigenvalue weighted by Crippen LogP contribution is -2.52. The van der Waals surface area contributed by atoms with Gasteiger partial charge in [-0.3, -0.25) is 4.57 Å². The molecule has 0 unspecified atom stereocenters. The third kappa shape index (κ3) is 5.88. The minimum atomic E-state index is 0. The van der Waals surface area contributed by atoms with Crippen LogP contribution in [0.15, 0.2) is 65.9 Å². The van der Waals surface area contributed by atoms with Gasteiger partial charge in [-0.2, -0.15) is 0 Å². The molecule has 4 rings (SSSR count). The van der Waals surface area contributed by atoms with Gasteiger partial charge in [-0.15, -0.1) is 34.2 Å². The van der Waals surface area contributed by atoms with Gasteiger partial charge in [-0.05, 0) is 37.3 Å². The summed E-state index contributed by atoms with van der Waals surface area (Å²) in [6.07, 6.45) is 1.73. The molecule has 1 N–H and O–H groups in total. The topological polar surface area (TPSA) is 61.6 Å². The number of aromatic nitrogens is 3. The lowest BCUT2D eigenvalue weighted by atomic mass is 10.2. The molecule has 0 bridgehead atoms. The number of guanidine groups is 1. The Morgan fingerprint density at radius 1 is 1.03 bits per heavy atom. The second-order valence-electron chi connectivity index (χ2n) is 7.08. The first-order valence-electron chi connectivity index (χ1n) is 10.2. The standard InChI is InChI=1S/C22H26ClN7.HI/c1-2-24-22(25-16-21-27-26-17-30(21)19-8-4-3-5-9-19)29-13-11-28(12-14-29)20-10-6-7-18(23)15-20;/h3-10,15,17H,2,11-14,16H2,1H3,(H,24,25);1H. The summed E-state index contributed by atoms with van der Waals surface area (Å²) in [7, 11) is 0. The van der Waals surface area contributed by atoms with E-state index in [0.29, 0.717) is 6.54 Å². The average molecular weight is 552 g/mol. The molecular formula is C22H27ClIN7. The van der Waals surface area contributed by atoms with Crippen LogP contribution in [0.1, 0.15) is 12.7 Å². The molecule has 0 spiro atoms. The molecule has 1 saturated heterocycles. The van der Waals surface area contributed by atoms with Crippen LogP contribution in [-0.2, 0) is 6.54 Å². The van der Waals surface area contributed by atoms with Gasteiger partial charge in [0, 0.05) is 49.1 Å². The van der Waals surface area contributed by atoms with E-state index in [0.717, 1.165) is 55.2 Å². The maximum Gasteiger partial charge on any atom is 0.194 e. The Morgan fingerprint density at radius 2 is 1.77 bits per heavy atom. The van der Waals surface area contributed by atoms with Gasteiger partial charge in [0.25, 0.3) is 0 Å². The van der Waals surface area contributed by atoms with Gasteiger partial charge in [-0.1, -0.05) is 35.9 Å². The van der Waals surface area contributed by atoms with E-state index >= 15 is 0 Å². The number of hydrogen-bond acceptors (Lipinski definition) is 4. The molecule has 9 heteroatoms. The van der Waals surface area contributed by atoms with E-state index < -0.39 is 0 Å². The molecule has 0 radical (unpaired) electrons. The number of piperazine rings is 1. The Morgan fingerprint density at radius 3 is 2.48 bits per heavy atom. The van der Waals surface area contributed by atoms with Gasteiger partial charge in [0.15, 0.2) is 11.8 Å². The van der Waals surface area contributed by atoms with Crippen LogP contribution in [0.3, 0.4) is 0 Å². The highest BCUT2D eigenvalue weighted by molar-refractivity contribution is 14.0. The summed E-state index contributed by atoms with van der Waals surface area (Å²) in [4.78, 5) is 9.50. The van der Waals surface area contributed by atoms with Crippen molar-refractivity contribution in [2.24, 2.45) is 4.99 Å². The Kier molecular flexibility index (Phi) is 8.53. The molecule has 1 fully saturated rings. The fourth-order valence-corrected chi connectivity index (χ4v) is 3.78. The number of nitrogens with zero attached hydrogens (tertiary/aromatic N) is 6. The van der Waals surface area contributed by atoms with Crippen LogP contribution in [-0.4, -0.2) is 58.3 Å². The van der Waals surface area contributed by atoms with Crippen molar-refractivity contribution in [1.82, 2.24) is 25.0 Å². The number of aliphatic imine (C=N–C) groups is 1. The molecule has 164 valence electrons. The first kappa shape index (κ1) is 23.3. The number of para-hydroxylation sites is 1. The van der Waals surface area contributed by atoms with Gasteiger partial charge < -0.3 is 15.1 Å². The van der Waals surface area contributed by atoms with Crippen molar-refractivity contribution in [2.75, 3.05) is 37.6 Å². The monoisotopic (exact) mass is 551 g/mol. The number of rotatable bonds is 5. The zero-order chi connectivity index (χ0) is 20.8. The third-order valence-electron chi connectivity index (χ3n) is 5.11. The third-order valence-corrected chi connectivity index (χ3v) is 5.35. The number of halogens is 2. The molecule has 2 heterocycles. The van der Waals surface area contributed by atoms with Crippen LogP contribution in [0.4, 0.5) is 5.69 Å². The summed E-state index contributed by atoms with van der Waals surface area (Å²) in [6, 6.07) is 18.1. The Hall–Kier alpha value is -2.33. The van der Waals surface area contributed by atoms with E-state index in [1.807, 2.05) is 53.1 Å². The van der Waals surface area contributed by atoms with E-state index in [1.54, 1.807) is 6.33 Å². The van der Waals surface area contributed by atoms with E-state index in [4.69, 9.17) is 16.6 Å². The van der Waals surface area contributed by atoms with Crippen LogP contribution in [0.2, 0.25) is 5.02 Å². The van der Waals surface area contributed by atoms with Gasteiger partial charge in [0.05, 0.1) is 0 Å². The predicted octanol–water partition coefficient (Wildman–Crippen LogP) is 3.83. The lowest BCUT2D eigenvalue weighted by molar-refractivity contribution is 0.372. The molecule has 1 aliphatic heterocycles. The molecule has 0 amide bonds. The van der Waals surface area contributed by atoms with Crippen molar-refractivity contribution in [3.63, 3.8) is 0 Å². The number of anilines is 1. The first-order valence-corrected chi connectivity index (χ1v) is 10.6. The normalized spacial score (nSPS) is 14.3. The minimum Gasteiger partial charge on any atom is -0.368 e. The summed E-state index contributed by atoms with van der Waals surface area (Å²) in [5.74, 6) is 1.72. The van der Waals surface area contributed by atoms with E-state index in [2.05, 4.69) is 38.3 Å². The average Bonchev–Trinajstić information content (AvgIpc) is 3.26. The van der Waals surface area contributed by atoms with Crippen molar-refractivity contribution < 1.29 is 0 Å². The van der Waals surface area contributed by atoms with Gasteiger partial charge >= 0.3 is 0 Å². The second-order valence-corrected chi connectivity index (χ2v) is 7.51. The van der Waals surface area contributed by atoms with Crippen molar-refractivity contribution >= 4 is 47.2 Å². The van der Waals surface area contributed by atoms with Crippen LogP contribution >= 0.6 is 35.6 Å². The Balaban J connectivity index is 0.00000272. The molecule has 3 aromatic rings. The van der Waals surface area contributed by atoms with Gasteiger partial charge in [0.2, 0.25) is 0 Å². The van der Waals surface area contributed by atoms with Gasteiger partial charge in [-0.25, -0.2) is 4.99 Å². The minimum absolute atomic E-state index is 0. The maximum absolute atomic E-state index is 6.15. The molecular weight excluding hydrogens is 525 g/mol. The van der Waals surface area contributed by atoms with Crippen molar-refractivity contribution in [2.45, 2.75) is 13.5 Å². The lowest BCUT2D eigenvalue weighted by Gasteiger charge is -2.37. The molecule has 0 aliphatic carbocycles. The molecule has 1 aromatic heterocycles. The zero-order valence-corrected chi connectivity index (χ0v) is 20.6. The van der Waals surface area contributed by atoms with Crippen molar-refractivity contribution in [1.29, 1.82) is 0 Å². The SMILES string of the molecule is CCNC(=NCc1nncn1-c1ccccc1)N1CCN(c2cccc(Cl)c2)CC1.I. The smallest absolute Gasteiger partial charge is 0.194 e. The van der Waals surface area contributed by atoms with Crippen LogP contribution in [0.5, 0.6) is 0 Å². The van der Waals surface area contributed by atoms with E-state index in [1.165, 1.54) is 5.69 Å². The maximum atomic E-state index is 6.15. The molecule has 31 heavy (non-hydrogen) atoms.